The van der Waals surface area contributed by atoms with Crippen LogP contribution in [-0.4, -0.2) is 26.2 Å². The van der Waals surface area contributed by atoms with E-state index in [1.54, 1.807) is 0 Å². The highest BCUT2D eigenvalue weighted by Gasteiger charge is 2.22. The van der Waals surface area contributed by atoms with Crippen molar-refractivity contribution < 1.29 is 0 Å². The summed E-state index contributed by atoms with van der Waals surface area (Å²) in [6, 6.07) is 0.464. The van der Waals surface area contributed by atoms with Crippen molar-refractivity contribution in [1.82, 2.24) is 25.5 Å². The molecule has 1 N–H and O–H groups in total. The van der Waals surface area contributed by atoms with Crippen LogP contribution in [0.5, 0.6) is 0 Å². The van der Waals surface area contributed by atoms with Crippen LogP contribution in [0.3, 0.4) is 0 Å². The summed E-state index contributed by atoms with van der Waals surface area (Å²) < 4.78 is 1.97. The minimum atomic E-state index is 0.464. The minimum absolute atomic E-state index is 0.464. The third-order valence-electron chi connectivity index (χ3n) is 3.51. The first-order chi connectivity index (χ1) is 8.15. The molecule has 0 spiro atoms. The zero-order chi connectivity index (χ0) is 12.3. The van der Waals surface area contributed by atoms with Crippen LogP contribution in [0.15, 0.2) is 0 Å². The topological polar surface area (TPSA) is 55.6 Å². The van der Waals surface area contributed by atoms with Gasteiger partial charge in [-0.25, -0.2) is 4.68 Å². The van der Waals surface area contributed by atoms with Gasteiger partial charge >= 0.3 is 0 Å². The van der Waals surface area contributed by atoms with E-state index in [0.29, 0.717) is 6.04 Å². The van der Waals surface area contributed by atoms with E-state index >= 15 is 0 Å². The molecule has 2 unspecified atom stereocenters. The highest BCUT2D eigenvalue weighted by atomic mass is 15.5. The molecule has 1 saturated carbocycles. The third kappa shape index (κ3) is 3.49. The second-order valence-corrected chi connectivity index (χ2v) is 5.60. The molecule has 17 heavy (non-hydrogen) atoms. The van der Waals surface area contributed by atoms with E-state index < -0.39 is 0 Å². The van der Waals surface area contributed by atoms with Crippen molar-refractivity contribution in [2.45, 2.75) is 59.2 Å². The van der Waals surface area contributed by atoms with Crippen LogP contribution in [0.4, 0.5) is 0 Å². The van der Waals surface area contributed by atoms with Crippen molar-refractivity contribution >= 4 is 0 Å². The van der Waals surface area contributed by atoms with Gasteiger partial charge in [0.1, 0.15) is 0 Å². The van der Waals surface area contributed by atoms with Crippen molar-refractivity contribution in [2.75, 3.05) is 0 Å². The molecule has 0 radical (unpaired) electrons. The van der Waals surface area contributed by atoms with Gasteiger partial charge in [-0.1, -0.05) is 27.2 Å². The number of nitrogens with one attached hydrogen (secondary N) is 1. The molecule has 2 atom stereocenters. The smallest absolute Gasteiger partial charge is 0.165 e. The molecular formula is C12H23N5. The standard InChI is InChI=1S/C12H23N5/c1-9(2)13-7-12-14-15-16-17(12)8-11-5-4-10(3)6-11/h9-11,13H,4-8H2,1-3H3. The average molecular weight is 237 g/mol. The lowest BCUT2D eigenvalue weighted by atomic mass is 10.1. The Hall–Kier alpha value is -0.970. The van der Waals surface area contributed by atoms with Gasteiger partial charge in [-0.05, 0) is 35.1 Å². The Morgan fingerprint density at radius 2 is 2.24 bits per heavy atom. The first-order valence-electron chi connectivity index (χ1n) is 6.63. The van der Waals surface area contributed by atoms with Gasteiger partial charge in [-0.15, -0.1) is 5.10 Å². The van der Waals surface area contributed by atoms with Crippen LogP contribution in [-0.2, 0) is 13.1 Å². The van der Waals surface area contributed by atoms with Crippen molar-refractivity contribution in [3.8, 4) is 0 Å². The fraction of sp³-hybridized carbons (Fsp3) is 0.917. The van der Waals surface area contributed by atoms with Crippen LogP contribution in [0.1, 0.15) is 45.9 Å². The molecule has 1 fully saturated rings. The maximum Gasteiger partial charge on any atom is 0.165 e. The first kappa shape index (κ1) is 12.5. The maximum atomic E-state index is 4.10. The normalized spacial score (nSPS) is 24.7. The van der Waals surface area contributed by atoms with E-state index in [9.17, 15) is 0 Å². The summed E-state index contributed by atoms with van der Waals surface area (Å²) in [5, 5.41) is 15.3. The Kier molecular flexibility index (Phi) is 4.10. The number of hydrogen-bond acceptors (Lipinski definition) is 4. The number of rotatable bonds is 5. The molecule has 0 bridgehead atoms. The van der Waals surface area contributed by atoms with E-state index in [-0.39, 0.29) is 0 Å². The molecule has 1 aliphatic rings. The van der Waals surface area contributed by atoms with Crippen LogP contribution >= 0.6 is 0 Å². The van der Waals surface area contributed by atoms with Gasteiger partial charge in [0.2, 0.25) is 0 Å². The molecule has 0 amide bonds. The summed E-state index contributed by atoms with van der Waals surface area (Å²) in [4.78, 5) is 0. The van der Waals surface area contributed by atoms with Gasteiger partial charge in [0.05, 0.1) is 6.54 Å². The summed E-state index contributed by atoms with van der Waals surface area (Å²) in [6.07, 6.45) is 3.99. The summed E-state index contributed by atoms with van der Waals surface area (Å²) in [5.41, 5.74) is 0. The maximum absolute atomic E-state index is 4.10. The largest absolute Gasteiger partial charge is 0.308 e. The van der Waals surface area contributed by atoms with Gasteiger partial charge in [-0.3, -0.25) is 0 Å². The van der Waals surface area contributed by atoms with Crippen molar-refractivity contribution in [1.29, 1.82) is 0 Å². The van der Waals surface area contributed by atoms with E-state index in [4.69, 9.17) is 0 Å². The molecular weight excluding hydrogens is 214 g/mol. The van der Waals surface area contributed by atoms with Gasteiger partial charge in [0.25, 0.3) is 0 Å². The van der Waals surface area contributed by atoms with Gasteiger partial charge in [-0.2, -0.15) is 0 Å². The molecule has 1 heterocycles. The molecule has 0 aromatic carbocycles. The monoisotopic (exact) mass is 237 g/mol. The predicted octanol–water partition coefficient (Wildman–Crippen LogP) is 1.61. The number of hydrogen-bond donors (Lipinski definition) is 1. The first-order valence-corrected chi connectivity index (χ1v) is 6.63. The van der Waals surface area contributed by atoms with Gasteiger partial charge in [0, 0.05) is 12.6 Å². The summed E-state index contributed by atoms with van der Waals surface area (Å²) in [6.45, 7) is 8.33. The third-order valence-corrected chi connectivity index (χ3v) is 3.51. The molecule has 1 aromatic rings. The second-order valence-electron chi connectivity index (χ2n) is 5.60. The van der Waals surface area contributed by atoms with Gasteiger partial charge in [0.15, 0.2) is 5.82 Å². The van der Waals surface area contributed by atoms with Crippen molar-refractivity contribution in [2.24, 2.45) is 11.8 Å². The van der Waals surface area contributed by atoms with E-state index in [0.717, 1.165) is 30.7 Å². The number of nitrogens with zero attached hydrogens (tertiary/aromatic N) is 4. The quantitative estimate of drug-likeness (QED) is 0.845. The summed E-state index contributed by atoms with van der Waals surface area (Å²) in [7, 11) is 0. The molecule has 0 aliphatic heterocycles. The molecule has 0 saturated heterocycles. The van der Waals surface area contributed by atoms with Gasteiger partial charge < -0.3 is 5.32 Å². The lowest BCUT2D eigenvalue weighted by Gasteiger charge is -2.12. The average Bonchev–Trinajstić information content (AvgIpc) is 2.86. The Morgan fingerprint density at radius 3 is 2.88 bits per heavy atom. The molecule has 96 valence electrons. The summed E-state index contributed by atoms with van der Waals surface area (Å²) in [5.74, 6) is 2.58. The van der Waals surface area contributed by atoms with E-state index in [1.807, 2.05) is 4.68 Å². The van der Waals surface area contributed by atoms with Crippen LogP contribution in [0, 0.1) is 11.8 Å². The Labute approximate surface area is 103 Å². The SMILES string of the molecule is CC1CCC(Cn2nnnc2CNC(C)C)C1. The predicted molar refractivity (Wildman–Crippen MR) is 66.3 cm³/mol. The second kappa shape index (κ2) is 5.58. The van der Waals surface area contributed by atoms with Crippen molar-refractivity contribution in [3.05, 3.63) is 5.82 Å². The molecule has 1 aliphatic carbocycles. The highest BCUT2D eigenvalue weighted by Crippen LogP contribution is 2.31. The van der Waals surface area contributed by atoms with Crippen LogP contribution in [0.25, 0.3) is 0 Å². The van der Waals surface area contributed by atoms with Crippen LogP contribution in [0.2, 0.25) is 0 Å². The van der Waals surface area contributed by atoms with Crippen molar-refractivity contribution in [3.63, 3.8) is 0 Å². The molecule has 1 aromatic heterocycles. The Balaban J connectivity index is 1.89. The summed E-state index contributed by atoms with van der Waals surface area (Å²) >= 11 is 0. The highest BCUT2D eigenvalue weighted by molar-refractivity contribution is 4.83. The molecule has 5 heteroatoms. The number of tetrazole rings is 1. The number of aromatic nitrogens is 4. The fourth-order valence-corrected chi connectivity index (χ4v) is 2.52. The Bertz CT molecular complexity index is 346. The van der Waals surface area contributed by atoms with E-state index in [1.165, 1.54) is 19.3 Å². The fourth-order valence-electron chi connectivity index (χ4n) is 2.52. The van der Waals surface area contributed by atoms with E-state index in [2.05, 4.69) is 41.6 Å². The van der Waals surface area contributed by atoms with Crippen LogP contribution < -0.4 is 5.32 Å². The lowest BCUT2D eigenvalue weighted by Crippen LogP contribution is -2.25. The zero-order valence-electron chi connectivity index (χ0n) is 11.1. The molecule has 5 nitrogen and oxygen atoms in total. The lowest BCUT2D eigenvalue weighted by molar-refractivity contribution is 0.395. The molecule has 2 rings (SSSR count). The zero-order valence-corrected chi connectivity index (χ0v) is 11.1. The minimum Gasteiger partial charge on any atom is -0.308 e. The Morgan fingerprint density at radius 1 is 1.41 bits per heavy atom.